The Kier molecular flexibility index (Phi) is 63.4. The van der Waals surface area contributed by atoms with Crippen LogP contribution in [0.2, 0.25) is 0 Å². The van der Waals surface area contributed by atoms with Gasteiger partial charge in [-0.25, -0.2) is 0 Å². The minimum atomic E-state index is -2.62. The lowest BCUT2D eigenvalue weighted by Crippen LogP contribution is -1.54. The number of hydrogen-bond acceptors (Lipinski definition) is 6. The zero-order chi connectivity index (χ0) is 3.58. The second kappa shape index (κ2) is 16.4. The Morgan fingerprint density at radius 2 is 0.714 bits per heavy atom. The van der Waals surface area contributed by atoms with Crippen LogP contribution in [0.1, 0.15) is 0 Å². The van der Waals surface area contributed by atoms with Crippen LogP contribution in [0.25, 0.3) is 0 Å². The quantitative estimate of drug-likeness (QED) is 0.247. The van der Waals surface area contributed by atoms with Gasteiger partial charge in [0.2, 0.25) is 0 Å². The summed E-state index contributed by atoms with van der Waals surface area (Å²) in [4.78, 5) is 21.7. The van der Waals surface area contributed by atoms with Crippen LogP contribution < -0.4 is 18.5 Å². The molecule has 0 aliphatic rings. The van der Waals surface area contributed by atoms with Gasteiger partial charge in [-0.05, 0) is 0 Å². The highest BCUT2D eigenvalue weighted by Crippen LogP contribution is 2.11. The van der Waals surface area contributed by atoms with E-state index < -0.39 is 8.60 Å². The van der Waals surface area contributed by atoms with Crippen LogP contribution in [0.5, 0.6) is 0 Å². The van der Waals surface area contributed by atoms with Crippen molar-refractivity contribution < 1.29 is 14.7 Å². The zero-order valence-corrected chi connectivity index (χ0v) is 4.80. The van der Waals surface area contributed by atoms with E-state index in [1.807, 2.05) is 0 Å². The molecule has 0 saturated heterocycles. The molecule has 0 aliphatic heterocycles. The lowest BCUT2D eigenvalue weighted by molar-refractivity contribution is 0.368. The van der Waals surface area contributed by atoms with Crippen molar-refractivity contribution in [2.75, 3.05) is 0 Å². The van der Waals surface area contributed by atoms with Gasteiger partial charge in [-0.3, -0.25) is 0 Å². The van der Waals surface area contributed by atoms with Crippen molar-refractivity contribution in [1.82, 2.24) is 18.5 Å². The molecule has 0 rings (SSSR count). The summed E-state index contributed by atoms with van der Waals surface area (Å²) >= 11 is 0. The Morgan fingerprint density at radius 1 is 0.714 bits per heavy atom. The molecule has 0 heterocycles. The van der Waals surface area contributed by atoms with Gasteiger partial charge in [-0.15, -0.1) is 0 Å². The first-order valence-corrected chi connectivity index (χ1v) is 1.80. The topological polar surface area (TPSA) is 166 Å². The minimum Gasteiger partial charge on any atom is -0.344 e. The summed E-state index contributed by atoms with van der Waals surface area (Å²) in [5.74, 6) is 0. The van der Waals surface area contributed by atoms with Crippen molar-refractivity contribution in [3.63, 3.8) is 0 Å². The van der Waals surface area contributed by atoms with E-state index in [0.29, 0.717) is 0 Å². The molecule has 0 atom stereocenters. The van der Waals surface area contributed by atoms with Crippen molar-refractivity contribution in [1.29, 1.82) is 0 Å². The molecule has 0 fully saturated rings. The van der Waals surface area contributed by atoms with Gasteiger partial charge in [0.05, 0.1) is 0 Å². The predicted molar refractivity (Wildman–Crippen MR) is 28.6 cm³/mol. The molecule has 50 valence electrons. The first kappa shape index (κ1) is 27.1. The van der Waals surface area contributed by atoms with Crippen molar-refractivity contribution in [2.24, 2.45) is 0 Å². The van der Waals surface area contributed by atoms with E-state index in [1.54, 1.807) is 0 Å². The first-order chi connectivity index (χ1) is 1.73. The van der Waals surface area contributed by atoms with Gasteiger partial charge in [0, 0.05) is 0 Å². The highest BCUT2D eigenvalue weighted by molar-refractivity contribution is 7.38. The van der Waals surface area contributed by atoms with E-state index in [2.05, 4.69) is 0 Å². The largest absolute Gasteiger partial charge is 0.344 e. The molecule has 0 aliphatic carbocycles. The summed E-state index contributed by atoms with van der Waals surface area (Å²) in [5.41, 5.74) is 0. The molecule has 7 heteroatoms. The molecule has 0 radical (unpaired) electrons. The van der Waals surface area contributed by atoms with Crippen LogP contribution in [0.15, 0.2) is 0 Å². The predicted octanol–water partition coefficient (Wildman–Crippen LogP) is -0.324. The fourth-order valence-corrected chi connectivity index (χ4v) is 0. The smallest absolute Gasteiger partial charge is 0.324 e. The van der Waals surface area contributed by atoms with Gasteiger partial charge in [-0.1, -0.05) is 0 Å². The summed E-state index contributed by atoms with van der Waals surface area (Å²) in [6.07, 6.45) is 0. The van der Waals surface area contributed by atoms with Crippen LogP contribution in [0.4, 0.5) is 0 Å². The number of rotatable bonds is 0. The van der Waals surface area contributed by atoms with Crippen molar-refractivity contribution in [3.05, 3.63) is 0 Å². The lowest BCUT2D eigenvalue weighted by atomic mass is 14.0. The third-order valence-electron chi connectivity index (χ3n) is 0. The minimum absolute atomic E-state index is 0. The molecule has 0 saturated carbocycles. The summed E-state index contributed by atoms with van der Waals surface area (Å²) in [6, 6.07) is 0. The molecular weight excluding hydrogens is 121 g/mol. The SMILES string of the molecule is N.N.N.OP(O)O. The Hall–Kier alpha value is 0.190. The van der Waals surface area contributed by atoms with Crippen LogP contribution in [0, 0.1) is 0 Å². The molecule has 7 heavy (non-hydrogen) atoms. The van der Waals surface area contributed by atoms with Gasteiger partial charge < -0.3 is 33.1 Å². The highest BCUT2D eigenvalue weighted by atomic mass is 31.2. The standard InChI is InChI=1S/3H3N.H3O3P/c;;;1-4(2)3/h3*1H3;1-3H. The summed E-state index contributed by atoms with van der Waals surface area (Å²) in [6.45, 7) is 0. The van der Waals surface area contributed by atoms with E-state index in [9.17, 15) is 0 Å². The fraction of sp³-hybridized carbons (Fsp3) is 0. The maximum Gasteiger partial charge on any atom is 0.324 e. The highest BCUT2D eigenvalue weighted by Gasteiger charge is 1.76. The van der Waals surface area contributed by atoms with E-state index in [4.69, 9.17) is 14.7 Å². The van der Waals surface area contributed by atoms with Crippen LogP contribution >= 0.6 is 8.60 Å². The summed E-state index contributed by atoms with van der Waals surface area (Å²) in [7, 11) is -2.62. The second-order valence-corrected chi connectivity index (χ2v) is 0.805. The Morgan fingerprint density at radius 3 is 0.714 bits per heavy atom. The van der Waals surface area contributed by atoms with E-state index in [0.717, 1.165) is 0 Å². The van der Waals surface area contributed by atoms with Crippen LogP contribution in [0.3, 0.4) is 0 Å². The maximum atomic E-state index is 7.23. The van der Waals surface area contributed by atoms with Crippen LogP contribution in [-0.2, 0) is 0 Å². The number of hydrogen-bond donors (Lipinski definition) is 6. The Balaban J connectivity index is -0.0000000150. The molecule has 0 aromatic carbocycles. The third kappa shape index (κ3) is 3010. The second-order valence-electron chi connectivity index (χ2n) is 0.268. The van der Waals surface area contributed by atoms with E-state index in [-0.39, 0.29) is 18.5 Å². The van der Waals surface area contributed by atoms with Crippen molar-refractivity contribution in [3.8, 4) is 0 Å². The van der Waals surface area contributed by atoms with E-state index in [1.165, 1.54) is 0 Å². The van der Waals surface area contributed by atoms with Crippen LogP contribution in [-0.4, -0.2) is 14.7 Å². The summed E-state index contributed by atoms with van der Waals surface area (Å²) < 4.78 is 0. The van der Waals surface area contributed by atoms with Gasteiger partial charge in [-0.2, -0.15) is 0 Å². The van der Waals surface area contributed by atoms with E-state index >= 15 is 0 Å². The van der Waals surface area contributed by atoms with Gasteiger partial charge in [0.25, 0.3) is 0 Å². The monoisotopic (exact) mass is 133 g/mol. The molecule has 0 amide bonds. The molecule has 0 unspecified atom stereocenters. The molecule has 12 N–H and O–H groups in total. The molecule has 0 aromatic rings. The van der Waals surface area contributed by atoms with Crippen molar-refractivity contribution in [2.45, 2.75) is 0 Å². The lowest BCUT2D eigenvalue weighted by Gasteiger charge is -1.76. The van der Waals surface area contributed by atoms with Crippen molar-refractivity contribution >= 4 is 8.60 Å². The average molecular weight is 133 g/mol. The first-order valence-electron chi connectivity index (χ1n) is 0.600. The normalized spacial score (nSPS) is 5.14. The molecule has 6 nitrogen and oxygen atoms in total. The molecular formula is H12N3O3P. The Labute approximate surface area is 42.9 Å². The molecule has 0 aromatic heterocycles. The average Bonchev–Trinajstić information content (AvgIpc) is 0.811. The van der Waals surface area contributed by atoms with Gasteiger partial charge in [0.1, 0.15) is 0 Å². The molecule has 0 spiro atoms. The third-order valence-corrected chi connectivity index (χ3v) is 0. The summed E-state index contributed by atoms with van der Waals surface area (Å²) in [5, 5.41) is 0. The zero-order valence-electron chi connectivity index (χ0n) is 3.91. The fourth-order valence-electron chi connectivity index (χ4n) is 0. The Bertz CT molecular complexity index is 14.9. The van der Waals surface area contributed by atoms with Gasteiger partial charge >= 0.3 is 8.60 Å². The molecule has 0 bridgehead atoms. The van der Waals surface area contributed by atoms with Gasteiger partial charge in [0.15, 0.2) is 0 Å². The maximum absolute atomic E-state index is 7.23.